The Morgan fingerprint density at radius 2 is 1.81 bits per heavy atom. The van der Waals surface area contributed by atoms with Crippen LogP contribution in [0.2, 0.25) is 0 Å². The Labute approximate surface area is 182 Å². The molecule has 0 radical (unpaired) electrons. The molecule has 0 unspecified atom stereocenters. The van der Waals surface area contributed by atoms with Crippen LogP contribution in [0.3, 0.4) is 0 Å². The quantitative estimate of drug-likeness (QED) is 0.195. The predicted molar refractivity (Wildman–Crippen MR) is 116 cm³/mol. The number of carbonyl (C=O) groups excluding carboxylic acids is 2. The number of aliphatic imine (C=N–C) groups is 1. The monoisotopic (exact) mass is 428 g/mol. The van der Waals surface area contributed by atoms with Gasteiger partial charge in [0.1, 0.15) is 5.75 Å². The van der Waals surface area contributed by atoms with E-state index in [1.54, 1.807) is 30.3 Å². The maximum absolute atomic E-state index is 12.3. The average Bonchev–Trinajstić information content (AvgIpc) is 3.15. The highest BCUT2D eigenvalue weighted by atomic mass is 16.6. The molecule has 3 aromatic rings. The van der Waals surface area contributed by atoms with Crippen LogP contribution in [0.25, 0.3) is 6.08 Å². The smallest absolute Gasteiger partial charge is 0.363 e. The van der Waals surface area contributed by atoms with E-state index in [4.69, 9.17) is 9.47 Å². The summed E-state index contributed by atoms with van der Waals surface area (Å²) in [5.74, 6) is -0.775. The van der Waals surface area contributed by atoms with Gasteiger partial charge in [-0.15, -0.1) is 0 Å². The molecule has 0 amide bonds. The third-order valence-corrected chi connectivity index (χ3v) is 4.57. The fourth-order valence-corrected chi connectivity index (χ4v) is 3.01. The van der Waals surface area contributed by atoms with E-state index in [1.807, 2.05) is 31.2 Å². The molecule has 0 aliphatic carbocycles. The summed E-state index contributed by atoms with van der Waals surface area (Å²) in [6.45, 7) is 1.94. The molecule has 0 fully saturated rings. The van der Waals surface area contributed by atoms with Crippen molar-refractivity contribution >= 4 is 29.6 Å². The molecule has 0 N–H and O–H groups in total. The maximum Gasteiger partial charge on any atom is 0.363 e. The predicted octanol–water partition coefficient (Wildman–Crippen LogP) is 4.47. The fourth-order valence-electron chi connectivity index (χ4n) is 3.01. The molecule has 1 heterocycles. The Hall–Kier alpha value is -4.59. The van der Waals surface area contributed by atoms with Gasteiger partial charge in [-0.3, -0.25) is 10.1 Å². The molecule has 8 nitrogen and oxygen atoms in total. The van der Waals surface area contributed by atoms with Gasteiger partial charge in [0.05, 0.1) is 10.5 Å². The topological polar surface area (TPSA) is 108 Å². The fraction of sp³-hybridized carbons (Fsp3) is 0.0417. The first-order chi connectivity index (χ1) is 15.4. The zero-order chi connectivity index (χ0) is 22.7. The largest absolute Gasteiger partial charge is 0.423 e. The number of rotatable bonds is 5. The van der Waals surface area contributed by atoms with Crippen LogP contribution in [-0.2, 0) is 9.53 Å². The molecule has 158 valence electrons. The van der Waals surface area contributed by atoms with E-state index < -0.39 is 16.9 Å². The number of nitro groups is 1. The molecule has 8 heteroatoms. The van der Waals surface area contributed by atoms with Crippen molar-refractivity contribution < 1.29 is 24.0 Å². The van der Waals surface area contributed by atoms with Crippen molar-refractivity contribution in [1.82, 2.24) is 0 Å². The minimum atomic E-state index is -0.716. The van der Waals surface area contributed by atoms with Crippen molar-refractivity contribution in [3.63, 3.8) is 0 Å². The summed E-state index contributed by atoms with van der Waals surface area (Å²) in [6, 6.07) is 19.2. The van der Waals surface area contributed by atoms with Gasteiger partial charge in [0.15, 0.2) is 5.70 Å². The van der Waals surface area contributed by atoms with Crippen LogP contribution in [-0.4, -0.2) is 22.8 Å². The van der Waals surface area contributed by atoms with Gasteiger partial charge in [-0.2, -0.15) is 0 Å². The van der Waals surface area contributed by atoms with Gasteiger partial charge in [0.25, 0.3) is 5.69 Å². The van der Waals surface area contributed by atoms with Gasteiger partial charge >= 0.3 is 11.9 Å². The number of nitro benzene ring substituents is 1. The number of ether oxygens (including phenoxy) is 2. The summed E-state index contributed by atoms with van der Waals surface area (Å²) in [6.07, 6.45) is 1.57. The molecule has 32 heavy (non-hydrogen) atoms. The molecule has 0 saturated heterocycles. The molecule has 0 atom stereocenters. The standard InChI is InChI=1S/C24H16N2O6/c1-15-4-2-5-17(12-15)22-25-21(24(28)32-22)13-16-8-10-20(11-9-16)31-23(27)18-6-3-7-19(14-18)26(29)30/h2-14H,1H3/b21-13-. The molecule has 0 aromatic heterocycles. The normalized spacial score (nSPS) is 14.1. The van der Waals surface area contributed by atoms with Gasteiger partial charge in [0, 0.05) is 17.7 Å². The molecular formula is C24H16N2O6. The van der Waals surface area contributed by atoms with Crippen molar-refractivity contribution in [2.24, 2.45) is 4.99 Å². The van der Waals surface area contributed by atoms with E-state index in [0.29, 0.717) is 11.1 Å². The van der Waals surface area contributed by atoms with E-state index in [2.05, 4.69) is 4.99 Å². The number of non-ortho nitro benzene ring substituents is 1. The van der Waals surface area contributed by atoms with E-state index >= 15 is 0 Å². The summed E-state index contributed by atoms with van der Waals surface area (Å²) in [7, 11) is 0. The number of carbonyl (C=O) groups is 2. The Bertz CT molecular complexity index is 1290. The maximum atomic E-state index is 12.3. The second kappa shape index (κ2) is 8.65. The number of nitrogens with zero attached hydrogens (tertiary/aromatic N) is 2. The third-order valence-electron chi connectivity index (χ3n) is 4.57. The Kier molecular flexibility index (Phi) is 5.59. The summed E-state index contributed by atoms with van der Waals surface area (Å²) in [5, 5.41) is 10.9. The van der Waals surface area contributed by atoms with Crippen molar-refractivity contribution in [3.05, 3.63) is 111 Å². The van der Waals surface area contributed by atoms with Crippen LogP contribution in [0.15, 0.2) is 83.5 Å². The van der Waals surface area contributed by atoms with Crippen molar-refractivity contribution in [1.29, 1.82) is 0 Å². The first kappa shape index (κ1) is 20.7. The minimum absolute atomic E-state index is 0.0668. The van der Waals surface area contributed by atoms with Gasteiger partial charge < -0.3 is 9.47 Å². The third kappa shape index (κ3) is 4.59. The number of cyclic esters (lactones) is 1. The molecule has 1 aliphatic heterocycles. The highest BCUT2D eigenvalue weighted by Crippen LogP contribution is 2.22. The molecule has 0 bridgehead atoms. The molecule has 0 saturated carbocycles. The molecule has 0 spiro atoms. The molecular weight excluding hydrogens is 412 g/mol. The van der Waals surface area contributed by atoms with Crippen LogP contribution < -0.4 is 4.74 Å². The first-order valence-electron chi connectivity index (χ1n) is 9.55. The number of hydrogen-bond donors (Lipinski definition) is 0. The SMILES string of the molecule is Cc1cccc(C2=N/C(=C\c3ccc(OC(=O)c4cccc([N+](=O)[O-])c4)cc3)C(=O)O2)c1. The van der Waals surface area contributed by atoms with Crippen LogP contribution in [0.4, 0.5) is 5.69 Å². The lowest BCUT2D eigenvalue weighted by Crippen LogP contribution is -2.08. The highest BCUT2D eigenvalue weighted by Gasteiger charge is 2.24. The Morgan fingerprint density at radius 3 is 2.53 bits per heavy atom. The van der Waals surface area contributed by atoms with Gasteiger partial charge in [-0.25, -0.2) is 14.6 Å². The van der Waals surface area contributed by atoms with E-state index in [-0.39, 0.29) is 28.6 Å². The summed E-state index contributed by atoms with van der Waals surface area (Å²) in [4.78, 5) is 39.0. The van der Waals surface area contributed by atoms with Gasteiger partial charge in [0.2, 0.25) is 5.90 Å². The lowest BCUT2D eigenvalue weighted by Gasteiger charge is -2.04. The second-order valence-electron chi connectivity index (χ2n) is 6.97. The van der Waals surface area contributed by atoms with E-state index in [1.165, 1.54) is 18.2 Å². The zero-order valence-corrected chi connectivity index (χ0v) is 16.8. The molecule has 3 aromatic carbocycles. The summed E-state index contributed by atoms with van der Waals surface area (Å²) in [5.41, 5.74) is 2.41. The summed E-state index contributed by atoms with van der Waals surface area (Å²) >= 11 is 0. The Balaban J connectivity index is 1.48. The number of benzene rings is 3. The van der Waals surface area contributed by atoms with Crippen molar-refractivity contribution in [2.75, 3.05) is 0 Å². The van der Waals surface area contributed by atoms with Gasteiger partial charge in [-0.05, 0) is 48.9 Å². The number of aryl methyl sites for hydroxylation is 1. The van der Waals surface area contributed by atoms with Crippen LogP contribution >= 0.6 is 0 Å². The zero-order valence-electron chi connectivity index (χ0n) is 16.8. The lowest BCUT2D eigenvalue weighted by molar-refractivity contribution is -0.384. The Morgan fingerprint density at radius 1 is 1.06 bits per heavy atom. The summed E-state index contributed by atoms with van der Waals surface area (Å²) < 4.78 is 10.5. The van der Waals surface area contributed by atoms with E-state index in [0.717, 1.165) is 11.6 Å². The van der Waals surface area contributed by atoms with Crippen LogP contribution in [0.1, 0.15) is 27.0 Å². The number of esters is 2. The van der Waals surface area contributed by atoms with Crippen molar-refractivity contribution in [2.45, 2.75) is 6.92 Å². The van der Waals surface area contributed by atoms with E-state index in [9.17, 15) is 19.7 Å². The molecule has 4 rings (SSSR count). The van der Waals surface area contributed by atoms with Gasteiger partial charge in [-0.1, -0.05) is 35.9 Å². The first-order valence-corrected chi connectivity index (χ1v) is 9.55. The number of hydrogen-bond acceptors (Lipinski definition) is 7. The second-order valence-corrected chi connectivity index (χ2v) is 6.97. The van der Waals surface area contributed by atoms with Crippen LogP contribution in [0.5, 0.6) is 5.75 Å². The average molecular weight is 428 g/mol. The minimum Gasteiger partial charge on any atom is -0.423 e. The van der Waals surface area contributed by atoms with Crippen LogP contribution in [0, 0.1) is 17.0 Å². The molecule has 1 aliphatic rings. The van der Waals surface area contributed by atoms with Crippen molar-refractivity contribution in [3.8, 4) is 5.75 Å². The highest BCUT2D eigenvalue weighted by molar-refractivity contribution is 6.12. The lowest BCUT2D eigenvalue weighted by atomic mass is 10.1.